The lowest BCUT2D eigenvalue weighted by Gasteiger charge is -2.23. The summed E-state index contributed by atoms with van der Waals surface area (Å²) in [4.78, 5) is 58.2. The van der Waals surface area contributed by atoms with Gasteiger partial charge in [0.15, 0.2) is 0 Å². The van der Waals surface area contributed by atoms with Crippen molar-refractivity contribution in [2.24, 2.45) is 0 Å². The van der Waals surface area contributed by atoms with E-state index in [1.165, 1.54) is 27.2 Å². The number of nitrogens with one attached hydrogen (secondary N) is 4. The number of likely N-dealkylation sites (N-methyl/N-ethyl adjacent to an activating group) is 1. The average molecular weight is 766 g/mol. The summed E-state index contributed by atoms with van der Waals surface area (Å²) >= 11 is 0. The molecule has 56 heavy (non-hydrogen) atoms. The Morgan fingerprint density at radius 2 is 1.55 bits per heavy atom. The van der Waals surface area contributed by atoms with E-state index in [9.17, 15) is 14.4 Å². The number of aromatic nitrogens is 4. The molecular weight excluding hydrogens is 703 g/mol. The number of unbranched alkanes of at least 4 members (excludes halogenated alkanes) is 1. The molecule has 3 aromatic heterocycles. The first kappa shape index (κ1) is 42.2. The summed E-state index contributed by atoms with van der Waals surface area (Å²) in [5.74, 6) is -0.278. The van der Waals surface area contributed by atoms with E-state index in [4.69, 9.17) is 14.7 Å². The maximum Gasteiger partial charge on any atom is 0.407 e. The van der Waals surface area contributed by atoms with E-state index in [1.54, 1.807) is 14.1 Å². The fourth-order valence-corrected chi connectivity index (χ4v) is 8.00. The molecule has 0 saturated carbocycles. The summed E-state index contributed by atoms with van der Waals surface area (Å²) in [5.41, 5.74) is 14.6. The molecule has 11 heteroatoms. The van der Waals surface area contributed by atoms with Gasteiger partial charge in [0.1, 0.15) is 11.6 Å². The minimum atomic E-state index is -0.657. The number of ether oxygens (including phenoxy) is 1. The lowest BCUT2D eigenvalue weighted by atomic mass is 9.86. The standard InChI is InChI=1S/C45H63N7O4/c1-13-30-27(5)37-24-40-31(14-2)26(4)36(48-40)23-38-28(6)32(42(51-38)29(7)35-21-25(3)34(47-35)22-39(30)49-37)18-19-41(53)50-33(43(54)52(11)12)17-15-16-20-46-44(55)56-45(8,9)10/h21-24,28,32-33,47-48H,13-20H2,1-12H3,(H,46,55)(H,50,53)/t28-,32-,33-/m0/s1. The Balaban J connectivity index is 1.45. The van der Waals surface area contributed by atoms with Crippen LogP contribution in [-0.2, 0) is 20.7 Å². The Morgan fingerprint density at radius 3 is 2.21 bits per heavy atom. The molecule has 0 aromatic carbocycles. The van der Waals surface area contributed by atoms with Crippen molar-refractivity contribution in [2.75, 3.05) is 20.6 Å². The molecule has 2 aliphatic heterocycles. The van der Waals surface area contributed by atoms with Crippen molar-refractivity contribution >= 4 is 51.1 Å². The normalized spacial score (nSPS) is 16.1. The fourth-order valence-electron chi connectivity index (χ4n) is 8.00. The zero-order chi connectivity index (χ0) is 41.1. The maximum absolute atomic E-state index is 13.6. The van der Waals surface area contributed by atoms with Gasteiger partial charge in [0.25, 0.3) is 0 Å². The van der Waals surface area contributed by atoms with Crippen LogP contribution in [0, 0.1) is 20.8 Å². The minimum Gasteiger partial charge on any atom is -0.444 e. The Hall–Kier alpha value is -4.93. The minimum absolute atomic E-state index is 0.0131. The summed E-state index contributed by atoms with van der Waals surface area (Å²) in [6.07, 6.45) is 3.89. The van der Waals surface area contributed by atoms with Crippen LogP contribution in [0.2, 0.25) is 0 Å². The van der Waals surface area contributed by atoms with Crippen LogP contribution in [0.4, 0.5) is 4.79 Å². The first-order chi connectivity index (χ1) is 26.4. The number of rotatable bonds is 12. The van der Waals surface area contributed by atoms with Crippen molar-refractivity contribution in [3.05, 3.63) is 69.3 Å². The van der Waals surface area contributed by atoms with Crippen LogP contribution in [0.1, 0.15) is 144 Å². The number of alkyl carbamates (subject to hydrolysis) is 1. The molecule has 0 unspecified atom stereocenters. The van der Waals surface area contributed by atoms with E-state index in [0.29, 0.717) is 32.2 Å². The van der Waals surface area contributed by atoms with Crippen LogP contribution in [0.3, 0.4) is 0 Å². The van der Waals surface area contributed by atoms with E-state index in [0.717, 1.165) is 68.8 Å². The Kier molecular flexibility index (Phi) is 13.2. The molecule has 0 saturated heterocycles. The number of aromatic amines is 2. The topological polar surface area (TPSA) is 145 Å². The van der Waals surface area contributed by atoms with Crippen molar-refractivity contribution in [2.45, 2.75) is 138 Å². The number of carbonyl (C=O) groups is 3. The van der Waals surface area contributed by atoms with Gasteiger partial charge in [-0.05, 0) is 145 Å². The molecular formula is C45H63N7O4. The highest BCUT2D eigenvalue weighted by Gasteiger charge is 2.32. The molecule has 5 heterocycles. The maximum atomic E-state index is 13.6. The molecule has 11 nitrogen and oxygen atoms in total. The van der Waals surface area contributed by atoms with Gasteiger partial charge in [-0.2, -0.15) is 0 Å². The molecule has 0 fully saturated rings. The van der Waals surface area contributed by atoms with Gasteiger partial charge in [0.2, 0.25) is 11.8 Å². The summed E-state index contributed by atoms with van der Waals surface area (Å²) in [7, 11) is 3.40. The molecule has 3 atom stereocenters. The van der Waals surface area contributed by atoms with Crippen molar-refractivity contribution in [1.29, 1.82) is 0 Å². The van der Waals surface area contributed by atoms with Crippen molar-refractivity contribution in [1.82, 2.24) is 35.5 Å². The molecule has 3 aromatic rings. The van der Waals surface area contributed by atoms with Gasteiger partial charge in [-0.15, -0.1) is 0 Å². The zero-order valence-electron chi connectivity index (χ0n) is 35.7. The second kappa shape index (κ2) is 17.5. The van der Waals surface area contributed by atoms with Crippen molar-refractivity contribution < 1.29 is 19.1 Å². The van der Waals surface area contributed by atoms with Crippen molar-refractivity contribution in [3.63, 3.8) is 0 Å². The second-order valence-electron chi connectivity index (χ2n) is 16.7. The third-order valence-electron chi connectivity index (χ3n) is 11.3. The van der Waals surface area contributed by atoms with Gasteiger partial charge in [0, 0.05) is 72.4 Å². The second-order valence-corrected chi connectivity index (χ2v) is 16.7. The first-order valence-corrected chi connectivity index (χ1v) is 20.3. The number of hydrogen-bond donors (Lipinski definition) is 4. The monoisotopic (exact) mass is 765 g/mol. The van der Waals surface area contributed by atoms with E-state index in [-0.39, 0.29) is 30.1 Å². The van der Waals surface area contributed by atoms with Crippen LogP contribution in [0.25, 0.3) is 33.2 Å². The van der Waals surface area contributed by atoms with Crippen molar-refractivity contribution in [3.8, 4) is 0 Å². The Bertz CT molecular complexity index is 2170. The number of nitrogens with zero attached hydrogens (tertiary/aromatic N) is 3. The summed E-state index contributed by atoms with van der Waals surface area (Å²) < 4.78 is 5.31. The fraction of sp³-hybridized carbons (Fsp3) is 0.533. The van der Waals surface area contributed by atoms with E-state index in [1.807, 2.05) is 20.8 Å². The Labute approximate surface area is 332 Å². The van der Waals surface area contributed by atoms with E-state index in [2.05, 4.69) is 93.3 Å². The predicted octanol–water partition coefficient (Wildman–Crippen LogP) is 9.08. The number of aryl methyl sites for hydroxylation is 4. The summed E-state index contributed by atoms with van der Waals surface area (Å²) in [6, 6.07) is 8.08. The lowest BCUT2D eigenvalue weighted by molar-refractivity contribution is -0.134. The molecule has 3 amide bonds. The summed E-state index contributed by atoms with van der Waals surface area (Å²) in [6.45, 7) is 21.0. The molecule has 8 bridgehead atoms. The van der Waals surface area contributed by atoms with E-state index >= 15 is 0 Å². The molecule has 302 valence electrons. The van der Waals surface area contributed by atoms with Gasteiger partial charge >= 0.3 is 6.09 Å². The van der Waals surface area contributed by atoms with Crippen LogP contribution in [0.5, 0.6) is 0 Å². The number of carbonyl (C=O) groups excluding carboxylic acids is 3. The number of H-pyrrole nitrogens is 2. The van der Waals surface area contributed by atoms with Crippen LogP contribution >= 0.6 is 0 Å². The highest BCUT2D eigenvalue weighted by atomic mass is 16.6. The van der Waals surface area contributed by atoms with E-state index < -0.39 is 17.7 Å². The SMILES string of the molecule is CCC1=C(C)c2cc3[nH]c(cc4nc(c(C)c5cc(C)c(cc1n2)[nH]5)[C@@H](CCC(=O)N[C@@H](CCCCNC(=O)OC(C)(C)C)C(=O)N(C)C)[C@@H]4C)c(C)c3CC. The smallest absolute Gasteiger partial charge is 0.407 e. The predicted molar refractivity (Wildman–Crippen MR) is 226 cm³/mol. The largest absolute Gasteiger partial charge is 0.444 e. The number of amides is 3. The average Bonchev–Trinajstić information content (AvgIpc) is 3.83. The van der Waals surface area contributed by atoms with Gasteiger partial charge in [-0.25, -0.2) is 9.78 Å². The molecule has 4 N–H and O–H groups in total. The molecule has 0 radical (unpaired) electrons. The molecule has 2 aliphatic rings. The highest BCUT2D eigenvalue weighted by Crippen LogP contribution is 2.42. The first-order valence-electron chi connectivity index (χ1n) is 20.3. The quantitative estimate of drug-likeness (QED) is 0.135. The lowest BCUT2D eigenvalue weighted by Crippen LogP contribution is -2.46. The number of hydrogen-bond acceptors (Lipinski definition) is 6. The highest BCUT2D eigenvalue weighted by molar-refractivity contribution is 5.93. The number of allylic oxidation sites excluding steroid dienone is 2. The Morgan fingerprint density at radius 1 is 0.875 bits per heavy atom. The third-order valence-corrected chi connectivity index (χ3v) is 11.3. The zero-order valence-corrected chi connectivity index (χ0v) is 35.7. The molecule has 5 rings (SSSR count). The molecule has 0 spiro atoms. The van der Waals surface area contributed by atoms with Crippen LogP contribution < -0.4 is 10.6 Å². The van der Waals surface area contributed by atoms with Crippen LogP contribution in [-0.4, -0.2) is 75.0 Å². The number of fused-ring (bicyclic) bond motifs is 8. The van der Waals surface area contributed by atoms with Crippen LogP contribution in [0.15, 0.2) is 24.3 Å². The van der Waals surface area contributed by atoms with Gasteiger partial charge < -0.3 is 30.2 Å². The summed E-state index contributed by atoms with van der Waals surface area (Å²) in [5, 5.41) is 5.81. The third kappa shape index (κ3) is 9.53. The van der Waals surface area contributed by atoms with Gasteiger partial charge in [0.05, 0.1) is 11.4 Å². The van der Waals surface area contributed by atoms with Gasteiger partial charge in [-0.1, -0.05) is 20.8 Å². The molecule has 0 aliphatic carbocycles. The van der Waals surface area contributed by atoms with Gasteiger partial charge in [-0.3, -0.25) is 14.6 Å².